The number of alkyl halides is 2. The molecule has 0 spiro atoms. The molecule has 8 heteroatoms. The van der Waals surface area contributed by atoms with Gasteiger partial charge in [-0.25, -0.2) is 0 Å². The van der Waals surface area contributed by atoms with Crippen molar-refractivity contribution in [1.82, 2.24) is 10.2 Å². The second-order valence-corrected chi connectivity index (χ2v) is 4.20. The summed E-state index contributed by atoms with van der Waals surface area (Å²) in [5.41, 5.74) is 1.97. The van der Waals surface area contributed by atoms with E-state index in [2.05, 4.69) is 19.7 Å². The molecule has 1 aliphatic rings. The predicted molar refractivity (Wildman–Crippen MR) is 56.9 cm³/mol. The van der Waals surface area contributed by atoms with E-state index >= 15 is 0 Å². The van der Waals surface area contributed by atoms with Crippen LogP contribution in [0.3, 0.4) is 0 Å². The van der Waals surface area contributed by atoms with Gasteiger partial charge in [0.15, 0.2) is 11.5 Å². The molecule has 0 radical (unpaired) electrons. The van der Waals surface area contributed by atoms with Crippen molar-refractivity contribution < 1.29 is 23.0 Å². The average Bonchev–Trinajstić information content (AvgIpc) is 2.91. The van der Waals surface area contributed by atoms with Crippen molar-refractivity contribution in [2.24, 2.45) is 0 Å². The van der Waals surface area contributed by atoms with Gasteiger partial charge < -0.3 is 14.2 Å². The van der Waals surface area contributed by atoms with E-state index in [1.165, 1.54) is 22.9 Å². The monoisotopic (exact) mass is 272 g/mol. The number of nitrogens with zero attached hydrogens (tertiary/aromatic N) is 2. The molecule has 2 aromatic rings. The minimum Gasteiger partial charge on any atom is -0.464 e. The molecule has 0 N–H and O–H groups in total. The summed E-state index contributed by atoms with van der Waals surface area (Å²) in [4.78, 5) is 0. The van der Waals surface area contributed by atoms with E-state index in [4.69, 9.17) is 4.74 Å². The Balaban J connectivity index is 1.80. The van der Waals surface area contributed by atoms with Crippen molar-refractivity contribution in [3.05, 3.63) is 29.3 Å². The molecule has 1 aliphatic heterocycles. The zero-order valence-electron chi connectivity index (χ0n) is 8.80. The van der Waals surface area contributed by atoms with E-state index in [9.17, 15) is 8.78 Å². The van der Waals surface area contributed by atoms with Crippen molar-refractivity contribution in [2.75, 3.05) is 0 Å². The van der Waals surface area contributed by atoms with E-state index in [1.807, 2.05) is 0 Å². The van der Waals surface area contributed by atoms with E-state index < -0.39 is 6.29 Å². The Morgan fingerprint density at radius 3 is 3.00 bits per heavy atom. The van der Waals surface area contributed by atoms with E-state index in [0.29, 0.717) is 10.8 Å². The number of hydrogen-bond acceptors (Lipinski definition) is 6. The van der Waals surface area contributed by atoms with Gasteiger partial charge in [0.25, 0.3) is 5.19 Å². The van der Waals surface area contributed by atoms with Crippen molar-refractivity contribution in [3.63, 3.8) is 0 Å². The summed E-state index contributed by atoms with van der Waals surface area (Å²) in [7, 11) is 0. The molecular weight excluding hydrogens is 266 g/mol. The maximum absolute atomic E-state index is 12.9. The van der Waals surface area contributed by atoms with Gasteiger partial charge in [0.1, 0.15) is 12.1 Å². The van der Waals surface area contributed by atoms with Gasteiger partial charge >= 0.3 is 6.29 Å². The summed E-state index contributed by atoms with van der Waals surface area (Å²) in [6, 6.07) is 4.61. The number of hydrogen-bond donors (Lipinski definition) is 0. The first-order valence-electron chi connectivity index (χ1n) is 4.91. The fraction of sp³-hybridized carbons (Fsp3) is 0.200. The molecule has 2 heterocycles. The lowest BCUT2D eigenvalue weighted by molar-refractivity contribution is -0.287. The number of rotatable bonds is 3. The van der Waals surface area contributed by atoms with E-state index in [-0.39, 0.29) is 18.1 Å². The second kappa shape index (κ2) is 4.05. The Labute approximate surface area is 104 Å². The fourth-order valence-corrected chi connectivity index (χ4v) is 1.91. The van der Waals surface area contributed by atoms with Gasteiger partial charge in [0, 0.05) is 5.56 Å². The molecule has 0 unspecified atom stereocenters. The first-order chi connectivity index (χ1) is 8.64. The maximum atomic E-state index is 12.9. The van der Waals surface area contributed by atoms with Crippen LogP contribution in [0.2, 0.25) is 0 Å². The quantitative estimate of drug-likeness (QED) is 0.859. The molecule has 0 saturated carbocycles. The molecule has 0 amide bonds. The number of para-hydroxylation sites is 1. The van der Waals surface area contributed by atoms with Crippen LogP contribution in [0.25, 0.3) is 0 Å². The highest BCUT2D eigenvalue weighted by atomic mass is 32.1. The van der Waals surface area contributed by atoms with Gasteiger partial charge in [-0.1, -0.05) is 23.5 Å². The van der Waals surface area contributed by atoms with Gasteiger partial charge in [-0.3, -0.25) is 0 Å². The second-order valence-electron chi connectivity index (χ2n) is 3.41. The lowest BCUT2D eigenvalue weighted by Crippen LogP contribution is -2.26. The molecule has 94 valence electrons. The van der Waals surface area contributed by atoms with Crippen LogP contribution in [0.4, 0.5) is 8.78 Å². The average molecular weight is 272 g/mol. The summed E-state index contributed by atoms with van der Waals surface area (Å²) >= 11 is 1.21. The van der Waals surface area contributed by atoms with Crippen LogP contribution >= 0.6 is 11.3 Å². The van der Waals surface area contributed by atoms with Crippen LogP contribution < -0.4 is 14.2 Å². The maximum Gasteiger partial charge on any atom is 0.586 e. The third-order valence-electron chi connectivity index (χ3n) is 2.20. The minimum atomic E-state index is -3.62. The summed E-state index contributed by atoms with van der Waals surface area (Å²) in [5, 5.41) is 7.64. The van der Waals surface area contributed by atoms with Crippen molar-refractivity contribution in [2.45, 2.75) is 12.9 Å². The molecule has 0 atom stereocenters. The summed E-state index contributed by atoms with van der Waals surface area (Å²) < 4.78 is 39.9. The highest BCUT2D eigenvalue weighted by Gasteiger charge is 2.44. The molecule has 5 nitrogen and oxygen atoms in total. The molecule has 0 aliphatic carbocycles. The Hall–Kier alpha value is -1.96. The van der Waals surface area contributed by atoms with Crippen LogP contribution in [0.1, 0.15) is 5.56 Å². The third-order valence-corrected chi connectivity index (χ3v) is 2.80. The van der Waals surface area contributed by atoms with Crippen molar-refractivity contribution >= 4 is 11.3 Å². The minimum absolute atomic E-state index is 0.00152. The molecular formula is C10H6F2N2O3S. The summed E-state index contributed by atoms with van der Waals surface area (Å²) in [6.45, 7) is 0.0534. The molecule has 3 rings (SSSR count). The standard InChI is InChI=1S/C10H6F2N2O3S/c11-10(12)16-7-3-1-2-6(8(7)17-10)4-15-9-14-13-5-18-9/h1-3,5H,4H2. The number of benzene rings is 1. The zero-order chi connectivity index (χ0) is 12.6. The first kappa shape index (κ1) is 11.1. The first-order valence-corrected chi connectivity index (χ1v) is 5.79. The highest BCUT2D eigenvalue weighted by Crippen LogP contribution is 2.43. The Morgan fingerprint density at radius 1 is 1.33 bits per heavy atom. The van der Waals surface area contributed by atoms with E-state index in [1.54, 1.807) is 12.1 Å². The summed E-state index contributed by atoms with van der Waals surface area (Å²) in [5.74, 6) is -0.00891. The van der Waals surface area contributed by atoms with Gasteiger partial charge in [0.2, 0.25) is 0 Å². The van der Waals surface area contributed by atoms with Crippen LogP contribution in [-0.2, 0) is 6.61 Å². The Bertz CT molecular complexity index is 562. The molecule has 0 bridgehead atoms. The Kier molecular flexibility index (Phi) is 2.51. The molecule has 0 saturated heterocycles. The van der Waals surface area contributed by atoms with Crippen LogP contribution in [0, 0.1) is 0 Å². The lowest BCUT2D eigenvalue weighted by atomic mass is 10.2. The number of fused-ring (bicyclic) bond motifs is 1. The van der Waals surface area contributed by atoms with Crippen molar-refractivity contribution in [3.8, 4) is 16.7 Å². The molecule has 1 aromatic heterocycles. The lowest BCUT2D eigenvalue weighted by Gasteiger charge is -2.07. The fourth-order valence-electron chi connectivity index (χ4n) is 1.50. The van der Waals surface area contributed by atoms with Crippen LogP contribution in [0.5, 0.6) is 16.7 Å². The third kappa shape index (κ3) is 2.06. The van der Waals surface area contributed by atoms with E-state index in [0.717, 1.165) is 0 Å². The Morgan fingerprint density at radius 2 is 2.22 bits per heavy atom. The zero-order valence-corrected chi connectivity index (χ0v) is 9.62. The van der Waals surface area contributed by atoms with Crippen LogP contribution in [-0.4, -0.2) is 16.5 Å². The topological polar surface area (TPSA) is 53.5 Å². The SMILES string of the molecule is FC1(F)Oc2cccc(COc3nncs3)c2O1. The number of halogens is 2. The number of ether oxygens (including phenoxy) is 3. The van der Waals surface area contributed by atoms with Crippen LogP contribution in [0.15, 0.2) is 23.7 Å². The van der Waals surface area contributed by atoms with Gasteiger partial charge in [0.05, 0.1) is 0 Å². The predicted octanol–water partition coefficient (Wildman–Crippen LogP) is 2.44. The van der Waals surface area contributed by atoms with Crippen molar-refractivity contribution in [1.29, 1.82) is 0 Å². The number of aromatic nitrogens is 2. The molecule has 1 aromatic carbocycles. The molecule has 0 fully saturated rings. The van der Waals surface area contributed by atoms with Gasteiger partial charge in [-0.2, -0.15) is 0 Å². The smallest absolute Gasteiger partial charge is 0.464 e. The summed E-state index contributed by atoms with van der Waals surface area (Å²) in [6.07, 6.45) is -3.62. The molecule has 18 heavy (non-hydrogen) atoms. The van der Waals surface area contributed by atoms with Gasteiger partial charge in [-0.05, 0) is 6.07 Å². The van der Waals surface area contributed by atoms with Gasteiger partial charge in [-0.15, -0.1) is 19.0 Å². The largest absolute Gasteiger partial charge is 0.586 e. The normalized spacial score (nSPS) is 15.7. The highest BCUT2D eigenvalue weighted by molar-refractivity contribution is 7.11.